The zero-order valence-electron chi connectivity index (χ0n) is 6.67. The van der Waals surface area contributed by atoms with Gasteiger partial charge in [0.2, 0.25) is 0 Å². The predicted molar refractivity (Wildman–Crippen MR) is 40.1 cm³/mol. The molecule has 0 aromatic rings. The Kier molecular flexibility index (Phi) is 3.13. The largest absolute Gasteiger partial charge is 0.786 e. The van der Waals surface area contributed by atoms with Gasteiger partial charge in [-0.3, -0.25) is 0 Å². The lowest BCUT2D eigenvalue weighted by Gasteiger charge is -2.45. The Balaban J connectivity index is 1.90. The van der Waals surface area contributed by atoms with E-state index in [1.807, 2.05) is 0 Å². The van der Waals surface area contributed by atoms with Gasteiger partial charge in [-0.05, 0) is 0 Å². The molecule has 0 bridgehead atoms. The van der Waals surface area contributed by atoms with Crippen molar-refractivity contribution in [3.8, 4) is 0 Å². The molecule has 2 fully saturated rings. The van der Waals surface area contributed by atoms with Gasteiger partial charge in [-0.15, -0.1) is 0 Å². The maximum absolute atomic E-state index is 10.7. The summed E-state index contributed by atoms with van der Waals surface area (Å²) in [6.07, 6.45) is 0. The molecule has 0 amide bonds. The van der Waals surface area contributed by atoms with E-state index < -0.39 is 22.6 Å². The molecular weight excluding hydrogens is 218 g/mol. The fourth-order valence-electron chi connectivity index (χ4n) is 1.08. The molecule has 2 rings (SSSR count). The second kappa shape index (κ2) is 4.01. The summed E-state index contributed by atoms with van der Waals surface area (Å²) < 4.78 is 19.4. The SMILES string of the molecule is [O-]P1OCC2(CO1)COP([O-])OC2. The van der Waals surface area contributed by atoms with Crippen molar-refractivity contribution in [2.45, 2.75) is 0 Å². The van der Waals surface area contributed by atoms with E-state index in [-0.39, 0.29) is 26.4 Å². The van der Waals surface area contributed by atoms with Crippen molar-refractivity contribution in [2.75, 3.05) is 26.4 Å². The van der Waals surface area contributed by atoms with Crippen molar-refractivity contribution < 1.29 is 27.9 Å². The number of hydrogen-bond donors (Lipinski definition) is 0. The highest BCUT2D eigenvalue weighted by molar-refractivity contribution is 7.39. The molecule has 0 radical (unpaired) electrons. The van der Waals surface area contributed by atoms with Crippen LogP contribution in [0.4, 0.5) is 0 Å². The van der Waals surface area contributed by atoms with Crippen LogP contribution in [-0.2, 0) is 18.1 Å². The highest BCUT2D eigenvalue weighted by Gasteiger charge is 2.38. The van der Waals surface area contributed by atoms with E-state index in [1.165, 1.54) is 0 Å². The summed E-state index contributed by atoms with van der Waals surface area (Å²) in [5.74, 6) is 0. The van der Waals surface area contributed by atoms with Gasteiger partial charge in [-0.25, -0.2) is 0 Å². The predicted octanol–water partition coefficient (Wildman–Crippen LogP) is -0.759. The molecule has 1 spiro atoms. The first-order chi connectivity index (χ1) is 6.20. The molecule has 0 aromatic heterocycles. The fourth-order valence-corrected chi connectivity index (χ4v) is 2.75. The van der Waals surface area contributed by atoms with Gasteiger partial charge in [0.05, 0.1) is 49.0 Å². The highest BCUT2D eigenvalue weighted by atomic mass is 31.2. The molecule has 0 atom stereocenters. The molecular formula is C5H8O6P2-2. The van der Waals surface area contributed by atoms with Gasteiger partial charge in [0.1, 0.15) is 0 Å². The Morgan fingerprint density at radius 3 is 1.38 bits per heavy atom. The van der Waals surface area contributed by atoms with Crippen LogP contribution in [0.5, 0.6) is 0 Å². The average Bonchev–Trinajstić information content (AvgIpc) is 2.16. The minimum absolute atomic E-state index is 0.255. The van der Waals surface area contributed by atoms with Crippen molar-refractivity contribution in [1.29, 1.82) is 0 Å². The third-order valence-corrected chi connectivity index (χ3v) is 3.26. The maximum Gasteiger partial charge on any atom is 0.0829 e. The topological polar surface area (TPSA) is 83.0 Å². The van der Waals surface area contributed by atoms with Crippen LogP contribution in [0.3, 0.4) is 0 Å². The molecule has 0 aromatic carbocycles. The third kappa shape index (κ3) is 2.35. The van der Waals surface area contributed by atoms with E-state index in [4.69, 9.17) is 18.1 Å². The quantitative estimate of drug-likeness (QED) is 0.505. The van der Waals surface area contributed by atoms with Gasteiger partial charge in [-0.1, -0.05) is 0 Å². The van der Waals surface area contributed by atoms with Crippen molar-refractivity contribution >= 4 is 17.2 Å². The van der Waals surface area contributed by atoms with Gasteiger partial charge in [0.25, 0.3) is 0 Å². The van der Waals surface area contributed by atoms with Crippen LogP contribution >= 0.6 is 17.2 Å². The molecule has 76 valence electrons. The number of rotatable bonds is 0. The van der Waals surface area contributed by atoms with Crippen LogP contribution in [0.25, 0.3) is 0 Å². The third-order valence-electron chi connectivity index (χ3n) is 1.90. The first kappa shape index (κ1) is 10.1. The molecule has 2 heterocycles. The van der Waals surface area contributed by atoms with Crippen molar-refractivity contribution in [1.82, 2.24) is 0 Å². The van der Waals surface area contributed by atoms with Crippen molar-refractivity contribution in [3.05, 3.63) is 0 Å². The molecule has 0 saturated carbocycles. The summed E-state index contributed by atoms with van der Waals surface area (Å²) in [7, 11) is -3.97. The number of hydrogen-bond acceptors (Lipinski definition) is 6. The smallest absolute Gasteiger partial charge is 0.0829 e. The van der Waals surface area contributed by atoms with E-state index in [1.54, 1.807) is 0 Å². The Labute approximate surface area is 77.7 Å². The Bertz CT molecular complexity index is 150. The van der Waals surface area contributed by atoms with Crippen molar-refractivity contribution in [3.63, 3.8) is 0 Å². The zero-order valence-corrected chi connectivity index (χ0v) is 8.46. The lowest BCUT2D eigenvalue weighted by Crippen LogP contribution is -2.46. The Hall–Kier alpha value is 0.620. The summed E-state index contributed by atoms with van der Waals surface area (Å²) in [5.41, 5.74) is -0.438. The van der Waals surface area contributed by atoms with E-state index >= 15 is 0 Å². The molecule has 8 heteroatoms. The Morgan fingerprint density at radius 1 is 0.769 bits per heavy atom. The fraction of sp³-hybridized carbons (Fsp3) is 1.00. The van der Waals surface area contributed by atoms with E-state index in [0.29, 0.717) is 0 Å². The van der Waals surface area contributed by atoms with Crippen LogP contribution in [0.15, 0.2) is 0 Å². The normalized spacial score (nSPS) is 46.6. The standard InChI is InChI=1S/C5H8O6P2/c6-12-8-1-5(2-9-12)3-10-13(7)11-4-5/h1-4H2/q-2. The van der Waals surface area contributed by atoms with Gasteiger partial charge < -0.3 is 27.9 Å². The molecule has 2 aliphatic rings. The summed E-state index contributed by atoms with van der Waals surface area (Å²) in [4.78, 5) is 21.4. The van der Waals surface area contributed by atoms with Gasteiger partial charge in [0.15, 0.2) is 0 Å². The van der Waals surface area contributed by atoms with Crippen LogP contribution in [0, 0.1) is 5.41 Å². The molecule has 13 heavy (non-hydrogen) atoms. The second-order valence-electron chi connectivity index (χ2n) is 3.04. The molecule has 6 nitrogen and oxygen atoms in total. The summed E-state index contributed by atoms with van der Waals surface area (Å²) in [5, 5.41) is 0. The van der Waals surface area contributed by atoms with Crippen LogP contribution in [0.2, 0.25) is 0 Å². The summed E-state index contributed by atoms with van der Waals surface area (Å²) >= 11 is 0. The van der Waals surface area contributed by atoms with Crippen LogP contribution in [0.1, 0.15) is 0 Å². The Morgan fingerprint density at radius 2 is 1.08 bits per heavy atom. The van der Waals surface area contributed by atoms with Gasteiger partial charge in [0, 0.05) is 0 Å². The monoisotopic (exact) mass is 226 g/mol. The first-order valence-corrected chi connectivity index (χ1v) is 5.86. The maximum atomic E-state index is 10.7. The van der Waals surface area contributed by atoms with Gasteiger partial charge >= 0.3 is 0 Å². The van der Waals surface area contributed by atoms with Crippen LogP contribution in [-0.4, -0.2) is 26.4 Å². The summed E-state index contributed by atoms with van der Waals surface area (Å²) in [6, 6.07) is 0. The van der Waals surface area contributed by atoms with E-state index in [9.17, 15) is 9.79 Å². The molecule has 0 N–H and O–H groups in total. The average molecular weight is 226 g/mol. The zero-order chi connectivity index (χ0) is 9.31. The van der Waals surface area contributed by atoms with Crippen LogP contribution < -0.4 is 9.79 Å². The molecule has 2 aliphatic heterocycles. The lowest BCUT2D eigenvalue weighted by atomic mass is 9.93. The molecule has 0 aliphatic carbocycles. The van der Waals surface area contributed by atoms with E-state index in [2.05, 4.69) is 0 Å². The van der Waals surface area contributed by atoms with Crippen molar-refractivity contribution in [2.24, 2.45) is 5.41 Å². The van der Waals surface area contributed by atoms with E-state index in [0.717, 1.165) is 0 Å². The summed E-state index contributed by atoms with van der Waals surface area (Å²) in [6.45, 7) is 1.02. The highest BCUT2D eigenvalue weighted by Crippen LogP contribution is 2.45. The second-order valence-corrected chi connectivity index (χ2v) is 4.97. The molecule has 2 saturated heterocycles. The minimum atomic E-state index is -1.99. The first-order valence-electron chi connectivity index (χ1n) is 3.66. The lowest BCUT2D eigenvalue weighted by molar-refractivity contribution is -0.240. The van der Waals surface area contributed by atoms with Gasteiger partial charge in [-0.2, -0.15) is 0 Å². The minimum Gasteiger partial charge on any atom is -0.786 e. The molecule has 0 unspecified atom stereocenters.